The van der Waals surface area contributed by atoms with Gasteiger partial charge in [0, 0.05) is 5.70 Å². The molecule has 0 saturated heterocycles. The van der Waals surface area contributed by atoms with E-state index in [9.17, 15) is 4.79 Å². The van der Waals surface area contributed by atoms with Gasteiger partial charge in [0.05, 0.1) is 13.5 Å². The fourth-order valence-electron chi connectivity index (χ4n) is 0.246. The molecule has 45 valence electrons. The predicted molar refractivity (Wildman–Crippen MR) is 28.9 cm³/mol. The molecule has 0 aliphatic rings. The summed E-state index contributed by atoms with van der Waals surface area (Å²) in [6.45, 7) is 3.21. The molecule has 3 nitrogen and oxygen atoms in total. The molecule has 0 aromatic carbocycles. The van der Waals surface area contributed by atoms with Crippen molar-refractivity contribution in [1.82, 2.24) is 5.73 Å². The smallest absolute Gasteiger partial charge is 0.311 e. The number of esters is 1. The topological polar surface area (TPSA) is 50.1 Å². The number of methoxy groups -OCH3 is 1. The van der Waals surface area contributed by atoms with Gasteiger partial charge in [0.25, 0.3) is 0 Å². The second-order valence-corrected chi connectivity index (χ2v) is 1.36. The van der Waals surface area contributed by atoms with Gasteiger partial charge in [-0.05, 0) is 0 Å². The van der Waals surface area contributed by atoms with Gasteiger partial charge in [0.2, 0.25) is 0 Å². The molecule has 0 aromatic rings. The van der Waals surface area contributed by atoms with Crippen LogP contribution in [0.4, 0.5) is 0 Å². The van der Waals surface area contributed by atoms with Gasteiger partial charge in [0.15, 0.2) is 0 Å². The molecule has 8 heavy (non-hydrogen) atoms. The van der Waals surface area contributed by atoms with E-state index in [4.69, 9.17) is 5.73 Å². The molecule has 0 saturated carbocycles. The Balaban J connectivity index is 3.40. The normalized spacial score (nSPS) is 8.12. The van der Waals surface area contributed by atoms with Crippen LogP contribution >= 0.6 is 0 Å². The lowest BCUT2D eigenvalue weighted by molar-refractivity contribution is -0.139. The third-order valence-electron chi connectivity index (χ3n) is 0.585. The lowest BCUT2D eigenvalue weighted by Crippen LogP contribution is -2.00. The highest BCUT2D eigenvalue weighted by Gasteiger charge is 1.98. The summed E-state index contributed by atoms with van der Waals surface area (Å²) in [6, 6.07) is 0. The van der Waals surface area contributed by atoms with Crippen LogP contribution in [-0.2, 0) is 9.53 Å². The van der Waals surface area contributed by atoms with Gasteiger partial charge in [-0.25, -0.2) is 0 Å². The maximum absolute atomic E-state index is 10.2. The van der Waals surface area contributed by atoms with Gasteiger partial charge in [-0.1, -0.05) is 6.58 Å². The Labute approximate surface area is 48.1 Å². The summed E-state index contributed by atoms with van der Waals surface area (Å²) >= 11 is 0. The maximum atomic E-state index is 10.2. The van der Waals surface area contributed by atoms with Gasteiger partial charge in [-0.3, -0.25) is 4.79 Å². The van der Waals surface area contributed by atoms with E-state index in [2.05, 4.69) is 11.3 Å². The Hall–Kier alpha value is -0.990. The first-order valence-corrected chi connectivity index (χ1v) is 2.13. The number of rotatable bonds is 2. The zero-order valence-corrected chi connectivity index (χ0v) is 4.73. The van der Waals surface area contributed by atoms with Crippen LogP contribution in [0.5, 0.6) is 0 Å². The Morgan fingerprint density at radius 3 is 2.50 bits per heavy atom. The largest absolute Gasteiger partial charge is 0.469 e. The Bertz CT molecular complexity index is 109. The zero-order chi connectivity index (χ0) is 6.57. The van der Waals surface area contributed by atoms with Crippen LogP contribution in [-0.4, -0.2) is 13.1 Å². The summed E-state index contributed by atoms with van der Waals surface area (Å²) in [6.07, 6.45) is -0.00347. The average Bonchev–Trinajstić information content (AvgIpc) is 1.65. The van der Waals surface area contributed by atoms with E-state index in [0.29, 0.717) is 0 Å². The third kappa shape index (κ3) is 3.21. The molecule has 0 unspecified atom stereocenters. The first-order valence-electron chi connectivity index (χ1n) is 2.13. The summed E-state index contributed by atoms with van der Waals surface area (Å²) < 4.78 is 4.24. The second-order valence-electron chi connectivity index (χ2n) is 1.36. The van der Waals surface area contributed by atoms with Crippen molar-refractivity contribution in [3.63, 3.8) is 0 Å². The fourth-order valence-corrected chi connectivity index (χ4v) is 0.246. The van der Waals surface area contributed by atoms with E-state index in [-0.39, 0.29) is 12.1 Å². The summed E-state index contributed by atoms with van der Waals surface area (Å²) in [7, 11) is 1.28. The quantitative estimate of drug-likeness (QED) is 0.486. The number of hydrogen-bond acceptors (Lipinski definition) is 2. The SMILES string of the molecule is C=C([NH])CC(=O)OC. The van der Waals surface area contributed by atoms with Crippen molar-refractivity contribution in [3.8, 4) is 0 Å². The summed E-state index contributed by atoms with van der Waals surface area (Å²) in [4.78, 5) is 10.2. The van der Waals surface area contributed by atoms with Crippen molar-refractivity contribution in [3.05, 3.63) is 12.3 Å². The van der Waals surface area contributed by atoms with E-state index in [1.807, 2.05) is 0 Å². The van der Waals surface area contributed by atoms with Crippen molar-refractivity contribution in [1.29, 1.82) is 0 Å². The fraction of sp³-hybridized carbons (Fsp3) is 0.400. The average molecular weight is 114 g/mol. The van der Waals surface area contributed by atoms with Gasteiger partial charge in [-0.2, -0.15) is 0 Å². The summed E-state index contributed by atoms with van der Waals surface area (Å²) in [5, 5.41) is 0. The van der Waals surface area contributed by atoms with Crippen molar-refractivity contribution in [2.45, 2.75) is 6.42 Å². The Kier molecular flexibility index (Phi) is 2.69. The Morgan fingerprint density at radius 1 is 1.88 bits per heavy atom. The van der Waals surface area contributed by atoms with Crippen LogP contribution in [0.2, 0.25) is 0 Å². The van der Waals surface area contributed by atoms with Crippen molar-refractivity contribution < 1.29 is 9.53 Å². The molecular weight excluding hydrogens is 106 g/mol. The van der Waals surface area contributed by atoms with Crippen molar-refractivity contribution >= 4 is 5.97 Å². The van der Waals surface area contributed by atoms with Crippen LogP contribution in [0.3, 0.4) is 0 Å². The number of hydrogen-bond donors (Lipinski definition) is 0. The number of carbonyl (C=O) groups is 1. The molecule has 0 atom stereocenters. The monoisotopic (exact) mass is 114 g/mol. The summed E-state index contributed by atoms with van der Waals surface area (Å²) in [5.41, 5.74) is 6.80. The molecule has 0 aliphatic heterocycles. The molecule has 0 spiro atoms. The summed E-state index contributed by atoms with van der Waals surface area (Å²) in [5.74, 6) is -0.412. The Morgan fingerprint density at radius 2 is 2.38 bits per heavy atom. The van der Waals surface area contributed by atoms with Crippen LogP contribution in [0.25, 0.3) is 0 Å². The van der Waals surface area contributed by atoms with E-state index in [1.54, 1.807) is 0 Å². The second kappa shape index (κ2) is 3.07. The molecule has 0 heterocycles. The van der Waals surface area contributed by atoms with E-state index >= 15 is 0 Å². The number of carbonyl (C=O) groups excluding carboxylic acids is 1. The van der Waals surface area contributed by atoms with Crippen molar-refractivity contribution in [2.24, 2.45) is 0 Å². The van der Waals surface area contributed by atoms with Crippen LogP contribution in [0.1, 0.15) is 6.42 Å². The third-order valence-corrected chi connectivity index (χ3v) is 0.585. The van der Waals surface area contributed by atoms with Gasteiger partial charge in [-0.15, -0.1) is 0 Å². The van der Waals surface area contributed by atoms with E-state index in [0.717, 1.165) is 0 Å². The molecular formula is C5H8NO2. The van der Waals surface area contributed by atoms with Gasteiger partial charge >= 0.3 is 5.97 Å². The molecule has 0 bridgehead atoms. The number of ether oxygens (including phenoxy) is 1. The highest BCUT2D eigenvalue weighted by Crippen LogP contribution is 1.90. The zero-order valence-electron chi connectivity index (χ0n) is 4.73. The molecule has 0 fully saturated rings. The lowest BCUT2D eigenvalue weighted by atomic mass is 10.4. The highest BCUT2D eigenvalue weighted by molar-refractivity contribution is 5.71. The lowest BCUT2D eigenvalue weighted by Gasteiger charge is -1.93. The molecule has 0 amide bonds. The first kappa shape index (κ1) is 7.01. The standard InChI is InChI=1S/C5H8NO2/c1-4(6)3-5(7)8-2/h6H,1,3H2,2H3. The molecule has 1 N–H and O–H groups in total. The van der Waals surface area contributed by atoms with Crippen LogP contribution in [0.15, 0.2) is 12.3 Å². The molecule has 3 heteroatoms. The van der Waals surface area contributed by atoms with Gasteiger partial charge < -0.3 is 10.5 Å². The van der Waals surface area contributed by atoms with E-state index < -0.39 is 5.97 Å². The number of nitrogens with one attached hydrogen (secondary N) is 1. The van der Waals surface area contributed by atoms with E-state index in [1.165, 1.54) is 7.11 Å². The molecule has 1 radical (unpaired) electrons. The minimum atomic E-state index is -0.412. The minimum Gasteiger partial charge on any atom is -0.469 e. The van der Waals surface area contributed by atoms with Crippen molar-refractivity contribution in [2.75, 3.05) is 7.11 Å². The van der Waals surface area contributed by atoms with Gasteiger partial charge in [0.1, 0.15) is 0 Å². The highest BCUT2D eigenvalue weighted by atomic mass is 16.5. The maximum Gasteiger partial charge on any atom is 0.311 e. The predicted octanol–water partition coefficient (Wildman–Crippen LogP) is 0.346. The first-order chi connectivity index (χ1) is 3.66. The molecule has 0 rings (SSSR count). The molecule has 0 aliphatic carbocycles. The van der Waals surface area contributed by atoms with Crippen LogP contribution in [0, 0.1) is 0 Å². The molecule has 0 aromatic heterocycles. The van der Waals surface area contributed by atoms with Crippen LogP contribution < -0.4 is 5.73 Å². The minimum absolute atomic E-state index is 0.00347.